The zero-order chi connectivity index (χ0) is 15.5. The van der Waals surface area contributed by atoms with Crippen LogP contribution in [-0.4, -0.2) is 30.5 Å². The van der Waals surface area contributed by atoms with Gasteiger partial charge in [0, 0.05) is 12.6 Å². The Kier molecular flexibility index (Phi) is 7.69. The number of halogens is 2. The molecule has 0 saturated carbocycles. The molecule has 8 heteroatoms. The molecule has 2 aromatic heterocycles. The summed E-state index contributed by atoms with van der Waals surface area (Å²) in [5, 5.41) is 6.67. The molecule has 130 valence electrons. The predicted molar refractivity (Wildman–Crippen MR) is 103 cm³/mol. The maximum absolute atomic E-state index is 12.0. The summed E-state index contributed by atoms with van der Waals surface area (Å²) >= 11 is 1.55. The predicted octanol–water partition coefficient (Wildman–Crippen LogP) is 3.74. The van der Waals surface area contributed by atoms with Gasteiger partial charge in [0.05, 0.1) is 10.2 Å². The van der Waals surface area contributed by atoms with Gasteiger partial charge < -0.3 is 15.1 Å². The quantitative estimate of drug-likeness (QED) is 0.699. The molecule has 0 aliphatic rings. The van der Waals surface area contributed by atoms with Crippen molar-refractivity contribution < 1.29 is 9.21 Å². The molecular weight excluding hydrogens is 369 g/mol. The molecule has 2 heterocycles. The number of carbonyl (C=O) groups excluding carboxylic acids is 1. The molecule has 2 N–H and O–H groups in total. The second kappa shape index (κ2) is 9.03. The Morgan fingerprint density at radius 2 is 2.00 bits per heavy atom. The molecule has 1 aromatic carbocycles. The lowest BCUT2D eigenvalue weighted by Gasteiger charge is -2.09. The third-order valence-corrected chi connectivity index (χ3v) is 4.45. The number of aromatic nitrogens is 1. The molecule has 0 aliphatic heterocycles. The number of nitrogens with one attached hydrogen (secondary N) is 2. The van der Waals surface area contributed by atoms with Gasteiger partial charge in [-0.3, -0.25) is 4.79 Å². The standard InChI is InChI=1S/C16H17N3O2S.2ClH/c1-10(17-2)9-18-15(20)12-7-8-13(21-12)16-19-11-5-3-4-6-14(11)22-16;;/h3-8,10,17H,9H2,1-2H3,(H,18,20);2*1H. The average Bonchev–Trinajstić information content (AvgIpc) is 3.18. The molecule has 0 spiro atoms. The van der Waals surface area contributed by atoms with E-state index in [0.29, 0.717) is 18.1 Å². The lowest BCUT2D eigenvalue weighted by molar-refractivity contribution is 0.0923. The van der Waals surface area contributed by atoms with Gasteiger partial charge in [0.1, 0.15) is 0 Å². The van der Waals surface area contributed by atoms with Crippen LogP contribution in [0.25, 0.3) is 21.0 Å². The van der Waals surface area contributed by atoms with E-state index >= 15 is 0 Å². The van der Waals surface area contributed by atoms with Crippen LogP contribution in [-0.2, 0) is 0 Å². The highest BCUT2D eigenvalue weighted by atomic mass is 35.5. The molecular formula is C16H19Cl2N3O2S. The van der Waals surface area contributed by atoms with Gasteiger partial charge in [-0.05, 0) is 38.2 Å². The Morgan fingerprint density at radius 3 is 2.71 bits per heavy atom. The van der Waals surface area contributed by atoms with Crippen LogP contribution in [0.5, 0.6) is 0 Å². The topological polar surface area (TPSA) is 67.2 Å². The summed E-state index contributed by atoms with van der Waals surface area (Å²) in [4.78, 5) is 16.6. The Bertz CT molecular complexity index is 770. The molecule has 5 nitrogen and oxygen atoms in total. The molecule has 24 heavy (non-hydrogen) atoms. The van der Waals surface area contributed by atoms with Crippen molar-refractivity contribution in [2.75, 3.05) is 13.6 Å². The molecule has 1 amide bonds. The van der Waals surface area contributed by atoms with Crippen LogP contribution in [0.4, 0.5) is 0 Å². The number of amides is 1. The number of hydrogen-bond donors (Lipinski definition) is 2. The molecule has 0 fully saturated rings. The number of carbonyl (C=O) groups is 1. The molecule has 0 aliphatic carbocycles. The van der Waals surface area contributed by atoms with Crippen LogP contribution in [0, 0.1) is 0 Å². The molecule has 1 atom stereocenters. The number of rotatable bonds is 5. The number of fused-ring (bicyclic) bond motifs is 1. The highest BCUT2D eigenvalue weighted by Gasteiger charge is 2.15. The minimum absolute atomic E-state index is 0. The summed E-state index contributed by atoms with van der Waals surface area (Å²) in [6, 6.07) is 11.6. The van der Waals surface area contributed by atoms with Crippen molar-refractivity contribution in [1.82, 2.24) is 15.6 Å². The highest BCUT2D eigenvalue weighted by Crippen LogP contribution is 2.30. The third-order valence-electron chi connectivity index (χ3n) is 3.40. The van der Waals surface area contributed by atoms with Crippen LogP contribution < -0.4 is 10.6 Å². The van der Waals surface area contributed by atoms with Crippen molar-refractivity contribution in [3.05, 3.63) is 42.2 Å². The minimum Gasteiger partial charge on any atom is -0.448 e. The first-order valence-corrected chi connectivity index (χ1v) is 7.90. The van der Waals surface area contributed by atoms with E-state index in [0.717, 1.165) is 15.2 Å². The first-order valence-electron chi connectivity index (χ1n) is 7.08. The molecule has 3 rings (SSSR count). The Labute approximate surface area is 156 Å². The number of likely N-dealkylation sites (N-methyl/N-ethyl adjacent to an activating group) is 1. The molecule has 0 saturated heterocycles. The lowest BCUT2D eigenvalue weighted by atomic mass is 10.3. The van der Waals surface area contributed by atoms with E-state index in [1.54, 1.807) is 23.5 Å². The number of nitrogens with zero attached hydrogens (tertiary/aromatic N) is 1. The van der Waals surface area contributed by atoms with E-state index in [-0.39, 0.29) is 36.8 Å². The zero-order valence-corrected chi connectivity index (χ0v) is 15.7. The number of furan rings is 1. The molecule has 3 aromatic rings. The lowest BCUT2D eigenvalue weighted by Crippen LogP contribution is -2.37. The van der Waals surface area contributed by atoms with Crippen LogP contribution >= 0.6 is 36.2 Å². The second-order valence-corrected chi connectivity index (χ2v) is 6.08. The summed E-state index contributed by atoms with van der Waals surface area (Å²) in [7, 11) is 1.86. The molecule has 0 radical (unpaired) electrons. The summed E-state index contributed by atoms with van der Waals surface area (Å²) in [6.07, 6.45) is 0. The highest BCUT2D eigenvalue weighted by molar-refractivity contribution is 7.21. The van der Waals surface area contributed by atoms with Gasteiger partial charge in [0.15, 0.2) is 16.5 Å². The van der Waals surface area contributed by atoms with Crippen LogP contribution in [0.2, 0.25) is 0 Å². The third kappa shape index (κ3) is 4.48. The molecule has 1 unspecified atom stereocenters. The summed E-state index contributed by atoms with van der Waals surface area (Å²) in [6.45, 7) is 2.54. The summed E-state index contributed by atoms with van der Waals surface area (Å²) < 4.78 is 6.74. The van der Waals surface area contributed by atoms with Gasteiger partial charge in [-0.25, -0.2) is 4.98 Å². The van der Waals surface area contributed by atoms with Crippen LogP contribution in [0.1, 0.15) is 17.5 Å². The monoisotopic (exact) mass is 387 g/mol. The Hall–Kier alpha value is -1.60. The van der Waals surface area contributed by atoms with E-state index in [2.05, 4.69) is 15.6 Å². The number of thiazole rings is 1. The Balaban J connectivity index is 0.00000144. The Morgan fingerprint density at radius 1 is 1.25 bits per heavy atom. The van der Waals surface area contributed by atoms with Gasteiger partial charge >= 0.3 is 0 Å². The smallest absolute Gasteiger partial charge is 0.287 e. The van der Waals surface area contributed by atoms with E-state index < -0.39 is 0 Å². The first-order chi connectivity index (χ1) is 10.7. The van der Waals surface area contributed by atoms with Crippen LogP contribution in [0.15, 0.2) is 40.8 Å². The van der Waals surface area contributed by atoms with Crippen molar-refractivity contribution >= 4 is 52.3 Å². The van der Waals surface area contributed by atoms with Gasteiger partial charge in [-0.15, -0.1) is 36.2 Å². The fraction of sp³-hybridized carbons (Fsp3) is 0.250. The maximum Gasteiger partial charge on any atom is 0.287 e. The van der Waals surface area contributed by atoms with E-state index in [9.17, 15) is 4.79 Å². The van der Waals surface area contributed by atoms with E-state index in [1.165, 1.54) is 0 Å². The van der Waals surface area contributed by atoms with E-state index in [4.69, 9.17) is 4.42 Å². The summed E-state index contributed by atoms with van der Waals surface area (Å²) in [5.41, 5.74) is 0.938. The normalized spacial score (nSPS) is 11.4. The van der Waals surface area contributed by atoms with Gasteiger partial charge in [-0.2, -0.15) is 0 Å². The number of para-hydroxylation sites is 1. The SMILES string of the molecule is CNC(C)CNC(=O)c1ccc(-c2nc3ccccc3s2)o1.Cl.Cl. The number of benzene rings is 1. The van der Waals surface area contributed by atoms with Crippen molar-refractivity contribution in [3.63, 3.8) is 0 Å². The fourth-order valence-corrected chi connectivity index (χ4v) is 2.91. The van der Waals surface area contributed by atoms with Crippen LogP contribution in [0.3, 0.4) is 0 Å². The van der Waals surface area contributed by atoms with Crippen molar-refractivity contribution in [3.8, 4) is 10.8 Å². The largest absolute Gasteiger partial charge is 0.448 e. The first kappa shape index (κ1) is 20.4. The van der Waals surface area contributed by atoms with Gasteiger partial charge in [0.2, 0.25) is 0 Å². The zero-order valence-electron chi connectivity index (χ0n) is 13.2. The number of hydrogen-bond acceptors (Lipinski definition) is 5. The minimum atomic E-state index is -0.213. The summed E-state index contributed by atoms with van der Waals surface area (Å²) in [5.74, 6) is 0.708. The average molecular weight is 388 g/mol. The maximum atomic E-state index is 12.0. The van der Waals surface area contributed by atoms with Crippen molar-refractivity contribution in [2.24, 2.45) is 0 Å². The van der Waals surface area contributed by atoms with Gasteiger partial charge in [0.25, 0.3) is 5.91 Å². The molecule has 0 bridgehead atoms. The fourth-order valence-electron chi connectivity index (χ4n) is 1.99. The van der Waals surface area contributed by atoms with E-state index in [1.807, 2.05) is 38.2 Å². The van der Waals surface area contributed by atoms with Crippen molar-refractivity contribution in [2.45, 2.75) is 13.0 Å². The van der Waals surface area contributed by atoms with Crippen molar-refractivity contribution in [1.29, 1.82) is 0 Å². The van der Waals surface area contributed by atoms with Gasteiger partial charge in [-0.1, -0.05) is 12.1 Å². The second-order valence-electron chi connectivity index (χ2n) is 5.05.